The van der Waals surface area contributed by atoms with Gasteiger partial charge in [-0.25, -0.2) is 4.79 Å². The molecule has 8 nitrogen and oxygen atoms in total. The van der Waals surface area contributed by atoms with Gasteiger partial charge in [-0.3, -0.25) is 9.59 Å². The lowest BCUT2D eigenvalue weighted by Crippen LogP contribution is -2.25. The van der Waals surface area contributed by atoms with E-state index in [0.29, 0.717) is 29.7 Å². The first kappa shape index (κ1) is 27.9. The van der Waals surface area contributed by atoms with Crippen molar-refractivity contribution in [2.45, 2.75) is 58.6 Å². The topological polar surface area (TPSA) is 115 Å². The van der Waals surface area contributed by atoms with Crippen molar-refractivity contribution in [1.82, 2.24) is 4.57 Å². The summed E-state index contributed by atoms with van der Waals surface area (Å²) in [5.41, 5.74) is 3.64. The summed E-state index contributed by atoms with van der Waals surface area (Å²) in [5, 5.41) is 21.6. The SMILES string of the molecule is CCCC(=O)CC(C(=O)O)C(O)c1ccc2c(c1)c(Cc1ccc(C(=O)OC)cc1OC)cn2CCC. The van der Waals surface area contributed by atoms with Crippen molar-refractivity contribution in [2.75, 3.05) is 14.2 Å². The Kier molecular flexibility index (Phi) is 9.47. The maximum Gasteiger partial charge on any atom is 0.337 e. The van der Waals surface area contributed by atoms with Gasteiger partial charge in [0.1, 0.15) is 11.5 Å². The first-order chi connectivity index (χ1) is 17.7. The Hall–Kier alpha value is -3.65. The van der Waals surface area contributed by atoms with Crippen LogP contribution < -0.4 is 4.74 Å². The largest absolute Gasteiger partial charge is 0.496 e. The molecule has 0 aliphatic carbocycles. The lowest BCUT2D eigenvalue weighted by Gasteiger charge is -2.19. The van der Waals surface area contributed by atoms with Crippen molar-refractivity contribution in [3.05, 3.63) is 64.8 Å². The number of hydrogen-bond acceptors (Lipinski definition) is 6. The average Bonchev–Trinajstić information content (AvgIpc) is 3.23. The van der Waals surface area contributed by atoms with Crippen LogP contribution in [-0.4, -0.2) is 46.7 Å². The number of nitrogens with zero attached hydrogens (tertiary/aromatic N) is 1. The van der Waals surface area contributed by atoms with E-state index in [4.69, 9.17) is 9.47 Å². The highest BCUT2D eigenvalue weighted by Gasteiger charge is 2.30. The van der Waals surface area contributed by atoms with E-state index in [1.165, 1.54) is 7.11 Å². The summed E-state index contributed by atoms with van der Waals surface area (Å²) < 4.78 is 12.5. The molecule has 3 aromatic rings. The number of carbonyl (C=O) groups is 3. The number of esters is 1. The second-order valence-electron chi connectivity index (χ2n) is 9.20. The van der Waals surface area contributed by atoms with Gasteiger partial charge in [-0.1, -0.05) is 26.0 Å². The van der Waals surface area contributed by atoms with Gasteiger partial charge in [-0.05, 0) is 53.8 Å². The number of rotatable bonds is 13. The van der Waals surface area contributed by atoms with Crippen LogP contribution in [0.3, 0.4) is 0 Å². The third-order valence-corrected chi connectivity index (χ3v) is 6.56. The molecule has 0 saturated heterocycles. The number of methoxy groups -OCH3 is 2. The molecule has 0 spiro atoms. The van der Waals surface area contributed by atoms with Crippen LogP contribution in [0, 0.1) is 5.92 Å². The minimum atomic E-state index is -1.32. The van der Waals surface area contributed by atoms with Gasteiger partial charge in [0.25, 0.3) is 0 Å². The fraction of sp³-hybridized carbons (Fsp3) is 0.414. The second kappa shape index (κ2) is 12.5. The van der Waals surface area contributed by atoms with E-state index in [9.17, 15) is 24.6 Å². The second-order valence-corrected chi connectivity index (χ2v) is 9.20. The molecule has 1 heterocycles. The van der Waals surface area contributed by atoms with Gasteiger partial charge in [0, 0.05) is 42.9 Å². The van der Waals surface area contributed by atoms with Gasteiger partial charge in [-0.15, -0.1) is 0 Å². The number of carboxylic acid groups (broad SMARTS) is 1. The van der Waals surface area contributed by atoms with Gasteiger partial charge in [0.15, 0.2) is 0 Å². The molecule has 2 atom stereocenters. The fourth-order valence-corrected chi connectivity index (χ4v) is 4.67. The van der Waals surface area contributed by atoms with E-state index in [1.807, 2.05) is 25.1 Å². The molecule has 2 unspecified atom stereocenters. The van der Waals surface area contributed by atoms with Crippen LogP contribution in [0.25, 0.3) is 10.9 Å². The number of aliphatic hydroxyl groups excluding tert-OH is 1. The molecule has 0 saturated carbocycles. The fourth-order valence-electron chi connectivity index (χ4n) is 4.67. The van der Waals surface area contributed by atoms with Crippen molar-refractivity contribution in [3.8, 4) is 5.75 Å². The molecule has 0 fully saturated rings. The van der Waals surface area contributed by atoms with Crippen LogP contribution in [0.15, 0.2) is 42.6 Å². The smallest absolute Gasteiger partial charge is 0.337 e. The van der Waals surface area contributed by atoms with Crippen LogP contribution >= 0.6 is 0 Å². The molecule has 2 N–H and O–H groups in total. The molecule has 3 rings (SSSR count). The molecular formula is C29H35NO7. The van der Waals surface area contributed by atoms with Gasteiger partial charge in [0.2, 0.25) is 0 Å². The molecule has 0 aliphatic rings. The molecule has 1 aromatic heterocycles. The Morgan fingerprint density at radius 1 is 1.00 bits per heavy atom. The first-order valence-corrected chi connectivity index (χ1v) is 12.5. The molecular weight excluding hydrogens is 474 g/mol. The highest BCUT2D eigenvalue weighted by Crippen LogP contribution is 2.33. The number of carboxylic acids is 1. The van der Waals surface area contributed by atoms with E-state index in [2.05, 4.69) is 17.7 Å². The number of Topliss-reactive ketones (excluding diaryl/α,β-unsaturated/α-hetero) is 1. The molecule has 8 heteroatoms. The molecule has 198 valence electrons. The summed E-state index contributed by atoms with van der Waals surface area (Å²) >= 11 is 0. The number of aromatic nitrogens is 1. The number of ether oxygens (including phenoxy) is 2. The Morgan fingerprint density at radius 2 is 1.76 bits per heavy atom. The number of aliphatic hydroxyl groups is 1. The number of benzene rings is 2. The summed E-state index contributed by atoms with van der Waals surface area (Å²) in [4.78, 5) is 36.0. The van der Waals surface area contributed by atoms with E-state index in [-0.39, 0.29) is 18.6 Å². The van der Waals surface area contributed by atoms with E-state index >= 15 is 0 Å². The van der Waals surface area contributed by atoms with Crippen molar-refractivity contribution >= 4 is 28.6 Å². The number of carbonyl (C=O) groups excluding carboxylic acids is 2. The zero-order valence-corrected chi connectivity index (χ0v) is 21.8. The van der Waals surface area contributed by atoms with Crippen molar-refractivity contribution in [1.29, 1.82) is 0 Å². The third-order valence-electron chi connectivity index (χ3n) is 6.56. The minimum Gasteiger partial charge on any atom is -0.496 e. The average molecular weight is 510 g/mol. The summed E-state index contributed by atoms with van der Waals surface area (Å²) in [6, 6.07) is 10.6. The number of ketones is 1. The molecule has 0 bridgehead atoms. The Balaban J connectivity index is 2.03. The number of aryl methyl sites for hydroxylation is 1. The highest BCUT2D eigenvalue weighted by molar-refractivity contribution is 5.90. The number of aliphatic carboxylic acids is 1. The van der Waals surface area contributed by atoms with Crippen LogP contribution in [0.1, 0.15) is 72.7 Å². The highest BCUT2D eigenvalue weighted by atomic mass is 16.5. The normalized spacial score (nSPS) is 12.8. The Labute approximate surface area is 216 Å². The van der Waals surface area contributed by atoms with Crippen molar-refractivity contribution < 1.29 is 34.1 Å². The Bertz CT molecular complexity index is 1280. The maximum absolute atomic E-state index is 12.2. The molecule has 37 heavy (non-hydrogen) atoms. The minimum absolute atomic E-state index is 0.174. The lowest BCUT2D eigenvalue weighted by molar-refractivity contribution is -0.148. The summed E-state index contributed by atoms with van der Waals surface area (Å²) in [6.07, 6.45) is 2.86. The van der Waals surface area contributed by atoms with Crippen LogP contribution in [0.2, 0.25) is 0 Å². The summed E-state index contributed by atoms with van der Waals surface area (Å²) in [7, 11) is 2.87. The van der Waals surface area contributed by atoms with Crippen LogP contribution in [0.5, 0.6) is 5.75 Å². The monoisotopic (exact) mass is 509 g/mol. The lowest BCUT2D eigenvalue weighted by atomic mass is 9.89. The van der Waals surface area contributed by atoms with Crippen LogP contribution in [-0.2, 0) is 27.3 Å². The summed E-state index contributed by atoms with van der Waals surface area (Å²) in [6.45, 7) is 4.74. The van der Waals surface area contributed by atoms with Crippen LogP contribution in [0.4, 0.5) is 0 Å². The number of fused-ring (bicyclic) bond motifs is 1. The van der Waals surface area contributed by atoms with Crippen molar-refractivity contribution in [2.24, 2.45) is 5.92 Å². The molecule has 0 radical (unpaired) electrons. The predicted octanol–water partition coefficient (Wildman–Crippen LogP) is 4.93. The van der Waals surface area contributed by atoms with Gasteiger partial charge in [0.05, 0.1) is 31.8 Å². The first-order valence-electron chi connectivity index (χ1n) is 12.5. The third kappa shape index (κ3) is 6.38. The van der Waals surface area contributed by atoms with Gasteiger partial charge < -0.3 is 24.3 Å². The summed E-state index contributed by atoms with van der Waals surface area (Å²) in [5.74, 6) is -2.49. The maximum atomic E-state index is 12.2. The van der Waals surface area contributed by atoms with Gasteiger partial charge in [-0.2, -0.15) is 0 Å². The van der Waals surface area contributed by atoms with E-state index < -0.39 is 24.0 Å². The zero-order valence-electron chi connectivity index (χ0n) is 21.8. The quantitative estimate of drug-likeness (QED) is 0.314. The number of hydrogen-bond donors (Lipinski definition) is 2. The Morgan fingerprint density at radius 3 is 2.38 bits per heavy atom. The predicted molar refractivity (Wildman–Crippen MR) is 140 cm³/mol. The molecule has 0 amide bonds. The van der Waals surface area contributed by atoms with E-state index in [0.717, 1.165) is 35.0 Å². The standard InChI is InChI=1S/C29H35NO7/c1-5-7-22(31)16-24(28(33)34)27(32)19-10-11-25-23(14-19)21(17-30(25)12-6-2)13-18-8-9-20(29(35)37-4)15-26(18)36-3/h8-11,14-15,17,24,27,32H,5-7,12-13,16H2,1-4H3,(H,33,34). The molecule has 0 aliphatic heterocycles. The van der Waals surface area contributed by atoms with Crippen molar-refractivity contribution in [3.63, 3.8) is 0 Å². The molecule has 2 aromatic carbocycles. The van der Waals surface area contributed by atoms with Gasteiger partial charge >= 0.3 is 11.9 Å². The van der Waals surface area contributed by atoms with E-state index in [1.54, 1.807) is 25.3 Å². The zero-order chi connectivity index (χ0) is 27.1.